The summed E-state index contributed by atoms with van der Waals surface area (Å²) in [4.78, 5) is 12.5. The van der Waals surface area contributed by atoms with E-state index in [-0.39, 0.29) is 12.5 Å². The van der Waals surface area contributed by atoms with Gasteiger partial charge in [0.25, 0.3) is 5.91 Å². The van der Waals surface area contributed by atoms with Crippen molar-refractivity contribution in [2.45, 2.75) is 13.5 Å². The highest BCUT2D eigenvalue weighted by Gasteiger charge is 2.11. The van der Waals surface area contributed by atoms with Crippen molar-refractivity contribution in [2.24, 2.45) is 0 Å². The van der Waals surface area contributed by atoms with Crippen molar-refractivity contribution in [3.05, 3.63) is 83.7 Å². The fourth-order valence-electron chi connectivity index (χ4n) is 2.79. The molecule has 0 aliphatic carbocycles. The van der Waals surface area contributed by atoms with E-state index < -0.39 is 0 Å². The molecule has 1 heterocycles. The van der Waals surface area contributed by atoms with Crippen molar-refractivity contribution in [3.63, 3.8) is 0 Å². The van der Waals surface area contributed by atoms with Crippen molar-refractivity contribution in [1.82, 2.24) is 25.5 Å². The maximum absolute atomic E-state index is 12.5. The minimum atomic E-state index is -0.158. The Kier molecular flexibility index (Phi) is 4.15. The standard InChI is InChI=1S/C20H17N5O/c1-14-6-10-18(11-7-14)25-19(22-23-24-25)13-21-20(26)17-9-8-15-4-2-3-5-16(15)12-17/h2-12H,13H2,1H3,(H,21,26). The molecule has 26 heavy (non-hydrogen) atoms. The Hall–Kier alpha value is -3.54. The van der Waals surface area contributed by atoms with Gasteiger partial charge in [0.05, 0.1) is 12.2 Å². The smallest absolute Gasteiger partial charge is 0.251 e. The number of aromatic nitrogens is 4. The first-order valence-electron chi connectivity index (χ1n) is 8.32. The molecule has 0 spiro atoms. The van der Waals surface area contributed by atoms with Gasteiger partial charge < -0.3 is 5.32 Å². The molecule has 1 aromatic heterocycles. The van der Waals surface area contributed by atoms with Crippen molar-refractivity contribution in [3.8, 4) is 5.69 Å². The van der Waals surface area contributed by atoms with E-state index in [1.165, 1.54) is 0 Å². The molecular weight excluding hydrogens is 326 g/mol. The monoisotopic (exact) mass is 343 g/mol. The second kappa shape index (κ2) is 6.76. The van der Waals surface area contributed by atoms with Gasteiger partial charge in [0.2, 0.25) is 0 Å². The molecule has 0 bridgehead atoms. The Morgan fingerprint density at radius 3 is 2.58 bits per heavy atom. The molecule has 0 aliphatic heterocycles. The number of aryl methyl sites for hydroxylation is 1. The number of nitrogens with zero attached hydrogens (tertiary/aromatic N) is 4. The van der Waals surface area contributed by atoms with Crippen LogP contribution in [0.1, 0.15) is 21.7 Å². The maximum atomic E-state index is 12.5. The molecule has 6 nitrogen and oxygen atoms in total. The summed E-state index contributed by atoms with van der Waals surface area (Å²) in [6, 6.07) is 21.5. The first kappa shape index (κ1) is 16.0. The molecule has 0 radical (unpaired) electrons. The summed E-state index contributed by atoms with van der Waals surface area (Å²) in [7, 11) is 0. The van der Waals surface area contributed by atoms with Gasteiger partial charge in [0.1, 0.15) is 0 Å². The zero-order chi connectivity index (χ0) is 17.9. The Morgan fingerprint density at radius 1 is 1.00 bits per heavy atom. The van der Waals surface area contributed by atoms with Gasteiger partial charge in [0.15, 0.2) is 5.82 Å². The summed E-state index contributed by atoms with van der Waals surface area (Å²) < 4.78 is 1.63. The Morgan fingerprint density at radius 2 is 1.77 bits per heavy atom. The molecule has 0 aliphatic rings. The van der Waals surface area contributed by atoms with Crippen LogP contribution in [0.25, 0.3) is 16.5 Å². The van der Waals surface area contributed by atoms with Crippen LogP contribution in [0.3, 0.4) is 0 Å². The first-order chi connectivity index (χ1) is 12.7. The van der Waals surface area contributed by atoms with E-state index in [2.05, 4.69) is 20.8 Å². The van der Waals surface area contributed by atoms with E-state index in [0.717, 1.165) is 22.0 Å². The predicted molar refractivity (Wildman–Crippen MR) is 99.0 cm³/mol. The lowest BCUT2D eigenvalue weighted by Gasteiger charge is -2.07. The van der Waals surface area contributed by atoms with Gasteiger partial charge in [-0.15, -0.1) is 5.10 Å². The van der Waals surface area contributed by atoms with E-state index in [1.54, 1.807) is 4.68 Å². The second-order valence-electron chi connectivity index (χ2n) is 6.09. The van der Waals surface area contributed by atoms with Crippen LogP contribution in [0.15, 0.2) is 66.7 Å². The summed E-state index contributed by atoms with van der Waals surface area (Å²) in [5, 5.41) is 16.8. The van der Waals surface area contributed by atoms with Crippen LogP contribution in [0, 0.1) is 6.92 Å². The minimum Gasteiger partial charge on any atom is -0.345 e. The Bertz CT molecular complexity index is 1070. The quantitative estimate of drug-likeness (QED) is 0.618. The van der Waals surface area contributed by atoms with E-state index in [4.69, 9.17) is 0 Å². The third-order valence-electron chi connectivity index (χ3n) is 4.23. The fourth-order valence-corrected chi connectivity index (χ4v) is 2.79. The molecule has 1 amide bonds. The molecule has 6 heteroatoms. The Labute approximate surface area is 150 Å². The number of hydrogen-bond acceptors (Lipinski definition) is 4. The largest absolute Gasteiger partial charge is 0.345 e. The van der Waals surface area contributed by atoms with Gasteiger partial charge in [-0.25, -0.2) is 0 Å². The van der Waals surface area contributed by atoms with E-state index in [1.807, 2.05) is 73.7 Å². The number of benzene rings is 3. The zero-order valence-electron chi connectivity index (χ0n) is 14.3. The van der Waals surface area contributed by atoms with E-state index >= 15 is 0 Å². The number of hydrogen-bond donors (Lipinski definition) is 1. The number of amides is 1. The predicted octanol–water partition coefficient (Wildman–Crippen LogP) is 3.05. The number of fused-ring (bicyclic) bond motifs is 1. The fraction of sp³-hybridized carbons (Fsp3) is 0.100. The minimum absolute atomic E-state index is 0.158. The second-order valence-corrected chi connectivity index (χ2v) is 6.09. The van der Waals surface area contributed by atoms with Gasteiger partial charge in [-0.2, -0.15) is 4.68 Å². The van der Waals surface area contributed by atoms with Crippen molar-refractivity contribution >= 4 is 16.7 Å². The number of carbonyl (C=O) groups excluding carboxylic acids is 1. The van der Waals surface area contributed by atoms with Gasteiger partial charge in [-0.3, -0.25) is 4.79 Å². The summed E-state index contributed by atoms with van der Waals surface area (Å²) in [5.74, 6) is 0.414. The summed E-state index contributed by atoms with van der Waals surface area (Å²) in [6.07, 6.45) is 0. The van der Waals surface area contributed by atoms with E-state index in [9.17, 15) is 4.79 Å². The molecule has 128 valence electrons. The van der Waals surface area contributed by atoms with Crippen LogP contribution in [-0.2, 0) is 6.54 Å². The lowest BCUT2D eigenvalue weighted by Crippen LogP contribution is -2.24. The SMILES string of the molecule is Cc1ccc(-n2nnnc2CNC(=O)c2ccc3ccccc3c2)cc1. The van der Waals surface area contributed by atoms with Crippen LogP contribution in [0.2, 0.25) is 0 Å². The maximum Gasteiger partial charge on any atom is 0.251 e. The highest BCUT2D eigenvalue weighted by molar-refractivity contribution is 5.98. The van der Waals surface area contributed by atoms with Crippen LogP contribution >= 0.6 is 0 Å². The van der Waals surface area contributed by atoms with Crippen LogP contribution in [0.5, 0.6) is 0 Å². The number of carbonyl (C=O) groups is 1. The van der Waals surface area contributed by atoms with Gasteiger partial charge in [0, 0.05) is 5.56 Å². The zero-order valence-corrected chi connectivity index (χ0v) is 14.3. The lowest BCUT2D eigenvalue weighted by atomic mass is 10.1. The van der Waals surface area contributed by atoms with Gasteiger partial charge in [-0.1, -0.05) is 48.0 Å². The molecule has 3 aromatic carbocycles. The number of rotatable bonds is 4. The average molecular weight is 343 g/mol. The summed E-state index contributed by atoms with van der Waals surface area (Å²) >= 11 is 0. The third-order valence-corrected chi connectivity index (χ3v) is 4.23. The summed E-state index contributed by atoms with van der Waals surface area (Å²) in [5.41, 5.74) is 2.63. The molecule has 0 fully saturated rings. The third kappa shape index (κ3) is 3.17. The molecule has 0 saturated heterocycles. The van der Waals surface area contributed by atoms with E-state index in [0.29, 0.717) is 11.4 Å². The van der Waals surface area contributed by atoms with Gasteiger partial charge >= 0.3 is 0 Å². The molecular formula is C20H17N5O. The lowest BCUT2D eigenvalue weighted by molar-refractivity contribution is 0.0950. The van der Waals surface area contributed by atoms with Crippen molar-refractivity contribution < 1.29 is 4.79 Å². The average Bonchev–Trinajstić information content (AvgIpc) is 3.15. The molecule has 4 aromatic rings. The number of nitrogens with one attached hydrogen (secondary N) is 1. The topological polar surface area (TPSA) is 72.7 Å². The van der Waals surface area contributed by atoms with Crippen molar-refractivity contribution in [1.29, 1.82) is 0 Å². The molecule has 0 saturated carbocycles. The summed E-state index contributed by atoms with van der Waals surface area (Å²) in [6.45, 7) is 2.26. The molecule has 4 rings (SSSR count). The van der Waals surface area contributed by atoms with Crippen LogP contribution in [-0.4, -0.2) is 26.1 Å². The highest BCUT2D eigenvalue weighted by Crippen LogP contribution is 2.16. The molecule has 1 N–H and O–H groups in total. The first-order valence-corrected chi connectivity index (χ1v) is 8.32. The van der Waals surface area contributed by atoms with Crippen LogP contribution in [0.4, 0.5) is 0 Å². The Balaban J connectivity index is 1.51. The van der Waals surface area contributed by atoms with Gasteiger partial charge in [-0.05, 0) is 52.4 Å². The highest BCUT2D eigenvalue weighted by atomic mass is 16.1. The molecule has 0 atom stereocenters. The van der Waals surface area contributed by atoms with Crippen LogP contribution < -0.4 is 5.32 Å². The number of tetrazole rings is 1. The van der Waals surface area contributed by atoms with Crippen molar-refractivity contribution in [2.75, 3.05) is 0 Å². The molecule has 0 unspecified atom stereocenters. The normalized spacial score (nSPS) is 10.8.